The van der Waals surface area contributed by atoms with Crippen LogP contribution < -0.4 is 0 Å². The molecule has 1 unspecified atom stereocenters. The van der Waals surface area contributed by atoms with Crippen LogP contribution in [-0.2, 0) is 0 Å². The summed E-state index contributed by atoms with van der Waals surface area (Å²) in [7, 11) is 0. The number of rotatable bonds is 5. The van der Waals surface area contributed by atoms with Crippen molar-refractivity contribution in [2.45, 2.75) is 32.1 Å². The molecule has 1 aliphatic heterocycles. The summed E-state index contributed by atoms with van der Waals surface area (Å²) in [6.45, 7) is 6.10. The number of nitrogens with zero attached hydrogens (tertiary/aromatic N) is 1. The first-order valence-corrected chi connectivity index (χ1v) is 8.47. The van der Waals surface area contributed by atoms with Crippen LogP contribution in [0, 0.1) is 6.92 Å². The lowest BCUT2D eigenvalue weighted by Crippen LogP contribution is -2.35. The Morgan fingerprint density at radius 3 is 2.94 bits per heavy atom. The van der Waals surface area contributed by atoms with E-state index in [0.717, 1.165) is 5.92 Å². The summed E-state index contributed by atoms with van der Waals surface area (Å²) in [4.78, 5) is 2.66. The Labute approximate surface area is 116 Å². The molecule has 0 N–H and O–H groups in total. The van der Waals surface area contributed by atoms with Crippen LogP contribution in [0.5, 0.6) is 0 Å². The molecule has 1 saturated heterocycles. The molecular formula is C16H25NS. The molecule has 100 valence electrons. The predicted octanol–water partition coefficient (Wildman–Crippen LogP) is 3.93. The molecule has 0 spiro atoms. The lowest BCUT2D eigenvalue weighted by atomic mass is 9.88. The molecule has 1 fully saturated rings. The third-order valence-electron chi connectivity index (χ3n) is 3.96. The second-order valence-electron chi connectivity index (χ2n) is 5.34. The molecule has 1 atom stereocenters. The predicted molar refractivity (Wildman–Crippen MR) is 82.6 cm³/mol. The maximum atomic E-state index is 2.66. The van der Waals surface area contributed by atoms with Gasteiger partial charge in [-0.3, -0.25) is 0 Å². The van der Waals surface area contributed by atoms with E-state index in [1.54, 1.807) is 5.56 Å². The molecular weight excluding hydrogens is 238 g/mol. The van der Waals surface area contributed by atoms with E-state index in [1.165, 1.54) is 50.2 Å². The Morgan fingerprint density at radius 2 is 2.17 bits per heavy atom. The Balaban J connectivity index is 1.92. The molecule has 1 aromatic carbocycles. The molecule has 0 saturated carbocycles. The minimum atomic E-state index is 0.759. The SMILES string of the molecule is CSCCCN1CCCC(c2ccccc2C)C1. The molecule has 1 aliphatic rings. The van der Waals surface area contributed by atoms with Gasteiger partial charge in [0.15, 0.2) is 0 Å². The van der Waals surface area contributed by atoms with Gasteiger partial charge >= 0.3 is 0 Å². The standard InChI is InChI=1S/C16H25NS/c1-14-7-3-4-9-16(14)15-8-5-10-17(13-15)11-6-12-18-2/h3-4,7,9,15H,5-6,8,10-13H2,1-2H3. The van der Waals surface area contributed by atoms with Gasteiger partial charge in [0.2, 0.25) is 0 Å². The van der Waals surface area contributed by atoms with E-state index >= 15 is 0 Å². The molecule has 0 amide bonds. The fraction of sp³-hybridized carbons (Fsp3) is 0.625. The summed E-state index contributed by atoms with van der Waals surface area (Å²) < 4.78 is 0. The van der Waals surface area contributed by atoms with Gasteiger partial charge in [-0.15, -0.1) is 0 Å². The first-order valence-electron chi connectivity index (χ1n) is 7.08. The highest BCUT2D eigenvalue weighted by Crippen LogP contribution is 2.28. The lowest BCUT2D eigenvalue weighted by Gasteiger charge is -2.33. The van der Waals surface area contributed by atoms with Crippen LogP contribution in [-0.4, -0.2) is 36.5 Å². The van der Waals surface area contributed by atoms with Crippen LogP contribution in [0.1, 0.15) is 36.3 Å². The number of piperidine rings is 1. The van der Waals surface area contributed by atoms with Crippen LogP contribution in [0.4, 0.5) is 0 Å². The largest absolute Gasteiger partial charge is 0.303 e. The van der Waals surface area contributed by atoms with Crippen molar-refractivity contribution >= 4 is 11.8 Å². The van der Waals surface area contributed by atoms with Crippen LogP contribution >= 0.6 is 11.8 Å². The maximum absolute atomic E-state index is 2.66. The van der Waals surface area contributed by atoms with Crippen LogP contribution in [0.15, 0.2) is 24.3 Å². The number of likely N-dealkylation sites (tertiary alicyclic amines) is 1. The molecule has 18 heavy (non-hydrogen) atoms. The number of hydrogen-bond donors (Lipinski definition) is 0. The van der Waals surface area contributed by atoms with E-state index < -0.39 is 0 Å². The Hall–Kier alpha value is -0.470. The summed E-state index contributed by atoms with van der Waals surface area (Å²) in [6.07, 6.45) is 6.26. The fourth-order valence-electron chi connectivity index (χ4n) is 2.99. The average molecular weight is 263 g/mol. The Morgan fingerprint density at radius 1 is 1.33 bits per heavy atom. The summed E-state index contributed by atoms with van der Waals surface area (Å²) in [5, 5.41) is 0. The van der Waals surface area contributed by atoms with Gasteiger partial charge in [-0.25, -0.2) is 0 Å². The maximum Gasteiger partial charge on any atom is 0.00504 e. The van der Waals surface area contributed by atoms with E-state index in [-0.39, 0.29) is 0 Å². The third-order valence-corrected chi connectivity index (χ3v) is 4.65. The second-order valence-corrected chi connectivity index (χ2v) is 6.33. The van der Waals surface area contributed by atoms with Crippen molar-refractivity contribution in [2.24, 2.45) is 0 Å². The zero-order valence-electron chi connectivity index (χ0n) is 11.7. The van der Waals surface area contributed by atoms with E-state index in [1.807, 2.05) is 11.8 Å². The van der Waals surface area contributed by atoms with Crippen molar-refractivity contribution in [3.8, 4) is 0 Å². The van der Waals surface area contributed by atoms with Gasteiger partial charge in [-0.2, -0.15) is 11.8 Å². The van der Waals surface area contributed by atoms with Gasteiger partial charge in [-0.1, -0.05) is 24.3 Å². The Kier molecular flexibility index (Phi) is 5.58. The van der Waals surface area contributed by atoms with Crippen molar-refractivity contribution in [3.63, 3.8) is 0 Å². The smallest absolute Gasteiger partial charge is 0.00504 e. The highest BCUT2D eigenvalue weighted by atomic mass is 32.2. The van der Waals surface area contributed by atoms with Crippen molar-refractivity contribution in [1.29, 1.82) is 0 Å². The summed E-state index contributed by atoms with van der Waals surface area (Å²) >= 11 is 1.96. The lowest BCUT2D eigenvalue weighted by molar-refractivity contribution is 0.208. The van der Waals surface area contributed by atoms with Crippen LogP contribution in [0.2, 0.25) is 0 Å². The summed E-state index contributed by atoms with van der Waals surface area (Å²) in [6, 6.07) is 8.92. The molecule has 0 bridgehead atoms. The van der Waals surface area contributed by atoms with Crippen molar-refractivity contribution in [1.82, 2.24) is 4.90 Å². The highest BCUT2D eigenvalue weighted by molar-refractivity contribution is 7.98. The van der Waals surface area contributed by atoms with Gasteiger partial charge < -0.3 is 4.90 Å². The molecule has 0 aromatic heterocycles. The van der Waals surface area contributed by atoms with Crippen molar-refractivity contribution < 1.29 is 0 Å². The van der Waals surface area contributed by atoms with Crippen LogP contribution in [0.3, 0.4) is 0 Å². The average Bonchev–Trinajstić information content (AvgIpc) is 2.40. The van der Waals surface area contributed by atoms with Gasteiger partial charge in [-0.05, 0) is 68.3 Å². The number of aryl methyl sites for hydroxylation is 1. The van der Waals surface area contributed by atoms with Gasteiger partial charge in [0.25, 0.3) is 0 Å². The second kappa shape index (κ2) is 7.20. The Bertz CT molecular complexity index is 364. The monoisotopic (exact) mass is 263 g/mol. The quantitative estimate of drug-likeness (QED) is 0.741. The molecule has 1 nitrogen and oxygen atoms in total. The first-order chi connectivity index (χ1) is 8.81. The molecule has 2 heteroatoms. The topological polar surface area (TPSA) is 3.24 Å². The van der Waals surface area contributed by atoms with Crippen LogP contribution in [0.25, 0.3) is 0 Å². The molecule has 1 aromatic rings. The first kappa shape index (κ1) is 14.0. The van der Waals surface area contributed by atoms with E-state index in [0.29, 0.717) is 0 Å². The van der Waals surface area contributed by atoms with Crippen molar-refractivity contribution in [3.05, 3.63) is 35.4 Å². The van der Waals surface area contributed by atoms with E-state index in [2.05, 4.69) is 42.3 Å². The normalized spacial score (nSPS) is 21.1. The van der Waals surface area contributed by atoms with Gasteiger partial charge in [0, 0.05) is 6.54 Å². The minimum absolute atomic E-state index is 0.759. The summed E-state index contributed by atoms with van der Waals surface area (Å²) in [5.41, 5.74) is 3.04. The van der Waals surface area contributed by atoms with Gasteiger partial charge in [0.05, 0.1) is 0 Å². The number of hydrogen-bond acceptors (Lipinski definition) is 2. The molecule has 1 heterocycles. The molecule has 0 radical (unpaired) electrons. The molecule has 0 aliphatic carbocycles. The van der Waals surface area contributed by atoms with Gasteiger partial charge in [0.1, 0.15) is 0 Å². The zero-order valence-corrected chi connectivity index (χ0v) is 12.5. The van der Waals surface area contributed by atoms with Crippen molar-refractivity contribution in [2.75, 3.05) is 31.6 Å². The zero-order chi connectivity index (χ0) is 12.8. The van der Waals surface area contributed by atoms with E-state index in [9.17, 15) is 0 Å². The fourth-order valence-corrected chi connectivity index (χ4v) is 3.41. The molecule has 2 rings (SSSR count). The summed E-state index contributed by atoms with van der Waals surface area (Å²) in [5.74, 6) is 2.06. The number of thioether (sulfide) groups is 1. The third kappa shape index (κ3) is 3.76. The minimum Gasteiger partial charge on any atom is -0.303 e. The highest BCUT2D eigenvalue weighted by Gasteiger charge is 2.21. The number of benzene rings is 1. The van der Waals surface area contributed by atoms with E-state index in [4.69, 9.17) is 0 Å².